The predicted molar refractivity (Wildman–Crippen MR) is 64.7 cm³/mol. The molecular weight excluding hydrogens is 225 g/mol. The second-order valence-electron chi connectivity index (χ2n) is 3.57. The van der Waals surface area contributed by atoms with Crippen LogP contribution in [-0.2, 0) is 0 Å². The van der Waals surface area contributed by atoms with Gasteiger partial charge in [-0.05, 0) is 19.0 Å². The lowest BCUT2D eigenvalue weighted by atomic mass is 10.2. The summed E-state index contributed by atoms with van der Waals surface area (Å²) < 4.78 is 13.4. The Hall–Kier alpha value is -1.69. The van der Waals surface area contributed by atoms with E-state index in [1.807, 2.05) is 6.92 Å². The van der Waals surface area contributed by atoms with Crippen LogP contribution in [0.5, 0.6) is 0 Å². The Morgan fingerprint density at radius 2 is 2.12 bits per heavy atom. The molecule has 0 aliphatic rings. The number of benzene rings is 1. The van der Waals surface area contributed by atoms with E-state index in [9.17, 15) is 14.5 Å². The molecule has 0 saturated heterocycles. The maximum absolute atomic E-state index is 13.4. The molecule has 0 atom stereocenters. The van der Waals surface area contributed by atoms with E-state index in [1.54, 1.807) is 0 Å². The normalized spacial score (nSPS) is 10.2. The van der Waals surface area contributed by atoms with Crippen molar-refractivity contribution in [2.24, 2.45) is 0 Å². The zero-order valence-electron chi connectivity index (χ0n) is 9.70. The zero-order valence-corrected chi connectivity index (χ0v) is 9.70. The fourth-order valence-electron chi connectivity index (χ4n) is 1.42. The topological polar surface area (TPSA) is 67.2 Å². The Bertz CT molecular complexity index is 385. The number of rotatable bonds is 7. The van der Waals surface area contributed by atoms with Gasteiger partial charge in [-0.25, -0.2) is 4.39 Å². The van der Waals surface area contributed by atoms with E-state index < -0.39 is 10.7 Å². The van der Waals surface area contributed by atoms with Crippen molar-refractivity contribution in [1.29, 1.82) is 0 Å². The van der Waals surface area contributed by atoms with Crippen LogP contribution in [0.2, 0.25) is 0 Å². The van der Waals surface area contributed by atoms with Crippen LogP contribution in [-0.4, -0.2) is 24.6 Å². The van der Waals surface area contributed by atoms with Crippen LogP contribution in [0.1, 0.15) is 13.3 Å². The van der Waals surface area contributed by atoms with Gasteiger partial charge in [-0.2, -0.15) is 0 Å². The Kier molecular flexibility index (Phi) is 5.35. The van der Waals surface area contributed by atoms with Gasteiger partial charge in [0.15, 0.2) is 5.82 Å². The minimum atomic E-state index is -0.602. The molecule has 0 aromatic heterocycles. The van der Waals surface area contributed by atoms with Crippen molar-refractivity contribution in [1.82, 2.24) is 5.32 Å². The van der Waals surface area contributed by atoms with E-state index in [2.05, 4.69) is 10.6 Å². The van der Waals surface area contributed by atoms with Gasteiger partial charge in [0.1, 0.15) is 5.69 Å². The van der Waals surface area contributed by atoms with E-state index in [1.165, 1.54) is 18.2 Å². The maximum atomic E-state index is 13.4. The smallest absolute Gasteiger partial charge is 0.295 e. The summed E-state index contributed by atoms with van der Waals surface area (Å²) >= 11 is 0. The zero-order chi connectivity index (χ0) is 12.7. The molecular formula is C11H16FN3O2. The molecule has 0 spiro atoms. The molecule has 1 aromatic carbocycles. The summed E-state index contributed by atoms with van der Waals surface area (Å²) in [5.41, 5.74) is -0.281. The molecule has 1 aromatic rings. The van der Waals surface area contributed by atoms with Crippen molar-refractivity contribution in [2.45, 2.75) is 13.3 Å². The van der Waals surface area contributed by atoms with Crippen LogP contribution < -0.4 is 10.6 Å². The molecule has 0 aliphatic heterocycles. The van der Waals surface area contributed by atoms with Crippen molar-refractivity contribution in [2.75, 3.05) is 25.0 Å². The van der Waals surface area contributed by atoms with Crippen molar-refractivity contribution in [3.8, 4) is 0 Å². The summed E-state index contributed by atoms with van der Waals surface area (Å²) in [6.45, 7) is 4.00. The number of para-hydroxylation sites is 1. The maximum Gasteiger partial charge on any atom is 0.295 e. The third-order valence-electron chi connectivity index (χ3n) is 2.22. The highest BCUT2D eigenvalue weighted by Crippen LogP contribution is 2.26. The van der Waals surface area contributed by atoms with E-state index in [0.717, 1.165) is 13.0 Å². The summed E-state index contributed by atoms with van der Waals surface area (Å²) in [6, 6.07) is 3.81. The predicted octanol–water partition coefficient (Wildman–Crippen LogP) is 2.15. The van der Waals surface area contributed by atoms with Crippen LogP contribution in [0.4, 0.5) is 15.8 Å². The summed E-state index contributed by atoms with van der Waals surface area (Å²) in [5.74, 6) is -0.602. The quantitative estimate of drug-likeness (QED) is 0.436. The Balaban J connectivity index is 2.60. The Morgan fingerprint density at radius 1 is 1.35 bits per heavy atom. The molecule has 0 unspecified atom stereocenters. The van der Waals surface area contributed by atoms with Crippen molar-refractivity contribution >= 4 is 11.4 Å². The standard InChI is InChI=1S/C11H16FN3O2/c1-2-6-13-7-8-14-11-9(12)4-3-5-10(11)15(16)17/h3-5,13-14H,2,6-8H2,1H3. The van der Waals surface area contributed by atoms with Crippen LogP contribution in [0.15, 0.2) is 18.2 Å². The molecule has 94 valence electrons. The van der Waals surface area contributed by atoms with E-state index in [-0.39, 0.29) is 11.4 Å². The first-order chi connectivity index (χ1) is 8.16. The molecule has 0 fully saturated rings. The molecule has 0 radical (unpaired) electrons. The largest absolute Gasteiger partial charge is 0.376 e. The lowest BCUT2D eigenvalue weighted by Gasteiger charge is -2.08. The number of nitrogens with one attached hydrogen (secondary N) is 2. The van der Waals surface area contributed by atoms with Crippen LogP contribution in [0, 0.1) is 15.9 Å². The summed E-state index contributed by atoms with van der Waals surface area (Å²) in [7, 11) is 0. The highest BCUT2D eigenvalue weighted by Gasteiger charge is 2.16. The minimum Gasteiger partial charge on any atom is -0.376 e. The average Bonchev–Trinajstić information content (AvgIpc) is 2.30. The second kappa shape index (κ2) is 6.80. The number of hydrogen-bond acceptors (Lipinski definition) is 4. The van der Waals surface area contributed by atoms with Crippen LogP contribution in [0.25, 0.3) is 0 Å². The first-order valence-electron chi connectivity index (χ1n) is 5.54. The first-order valence-corrected chi connectivity index (χ1v) is 5.54. The van der Waals surface area contributed by atoms with Gasteiger partial charge in [-0.15, -0.1) is 0 Å². The molecule has 0 saturated carbocycles. The van der Waals surface area contributed by atoms with Gasteiger partial charge in [0.25, 0.3) is 5.69 Å². The average molecular weight is 241 g/mol. The van der Waals surface area contributed by atoms with Gasteiger partial charge in [-0.3, -0.25) is 10.1 Å². The van der Waals surface area contributed by atoms with Gasteiger partial charge in [0.2, 0.25) is 0 Å². The fourth-order valence-corrected chi connectivity index (χ4v) is 1.42. The van der Waals surface area contributed by atoms with Gasteiger partial charge in [-0.1, -0.05) is 13.0 Å². The van der Waals surface area contributed by atoms with Crippen molar-refractivity contribution in [3.05, 3.63) is 34.1 Å². The van der Waals surface area contributed by atoms with Crippen molar-refractivity contribution in [3.63, 3.8) is 0 Å². The highest BCUT2D eigenvalue weighted by molar-refractivity contribution is 5.62. The monoisotopic (exact) mass is 241 g/mol. The molecule has 1 rings (SSSR count). The third kappa shape index (κ3) is 3.99. The highest BCUT2D eigenvalue weighted by atomic mass is 19.1. The lowest BCUT2D eigenvalue weighted by molar-refractivity contribution is -0.384. The molecule has 2 N–H and O–H groups in total. The molecule has 5 nitrogen and oxygen atoms in total. The van der Waals surface area contributed by atoms with Crippen LogP contribution in [0.3, 0.4) is 0 Å². The number of halogens is 1. The number of anilines is 1. The minimum absolute atomic E-state index is 0.0456. The lowest BCUT2D eigenvalue weighted by Crippen LogP contribution is -2.23. The molecule has 0 amide bonds. The van der Waals surface area contributed by atoms with E-state index in [0.29, 0.717) is 13.1 Å². The summed E-state index contributed by atoms with van der Waals surface area (Å²) in [6.07, 6.45) is 1.01. The number of nitro benzene ring substituents is 1. The Morgan fingerprint density at radius 3 is 2.76 bits per heavy atom. The molecule has 17 heavy (non-hydrogen) atoms. The molecule has 0 heterocycles. The summed E-state index contributed by atoms with van der Waals surface area (Å²) in [4.78, 5) is 10.1. The third-order valence-corrected chi connectivity index (χ3v) is 2.22. The van der Waals surface area contributed by atoms with E-state index >= 15 is 0 Å². The first kappa shape index (κ1) is 13.4. The molecule has 6 heteroatoms. The Labute approximate surface area is 99.2 Å². The SMILES string of the molecule is CCCNCCNc1c(F)cccc1[N+](=O)[O-]. The van der Waals surface area contributed by atoms with Gasteiger partial charge >= 0.3 is 0 Å². The number of hydrogen-bond donors (Lipinski definition) is 2. The van der Waals surface area contributed by atoms with Gasteiger partial charge < -0.3 is 10.6 Å². The second-order valence-corrected chi connectivity index (χ2v) is 3.57. The van der Waals surface area contributed by atoms with Crippen LogP contribution >= 0.6 is 0 Å². The van der Waals surface area contributed by atoms with Gasteiger partial charge in [0, 0.05) is 19.2 Å². The molecule has 0 aliphatic carbocycles. The summed E-state index contributed by atoms with van der Waals surface area (Å²) in [5, 5.41) is 16.6. The van der Waals surface area contributed by atoms with E-state index in [4.69, 9.17) is 0 Å². The fraction of sp³-hybridized carbons (Fsp3) is 0.455. The van der Waals surface area contributed by atoms with Crippen molar-refractivity contribution < 1.29 is 9.31 Å². The number of nitro groups is 1. The van der Waals surface area contributed by atoms with Gasteiger partial charge in [0.05, 0.1) is 4.92 Å². The molecule has 0 bridgehead atoms. The number of nitrogens with zero attached hydrogens (tertiary/aromatic N) is 1.